The Balaban J connectivity index is 4.00. The Kier molecular flexibility index (Phi) is 4.99. The van der Waals surface area contributed by atoms with E-state index in [0.29, 0.717) is 0 Å². The molecule has 0 bridgehead atoms. The zero-order valence-corrected chi connectivity index (χ0v) is 9.03. The Morgan fingerprint density at radius 2 is 1.67 bits per heavy atom. The van der Waals surface area contributed by atoms with Crippen LogP contribution in [0.3, 0.4) is 0 Å². The maximum Gasteiger partial charge on any atom is 0.319 e. The van der Waals surface area contributed by atoms with Crippen LogP contribution < -0.4 is 5.32 Å². The highest BCUT2D eigenvalue weighted by Gasteiger charge is 2.40. The van der Waals surface area contributed by atoms with Crippen LogP contribution in [0.2, 0.25) is 0 Å². The first kappa shape index (κ1) is 14.6. The summed E-state index contributed by atoms with van der Waals surface area (Å²) in [5, 5.41) is 11.8. The smallest absolute Gasteiger partial charge is 0.319 e. The standard InChI is InChI=1S/C9H17F4NO/c1-6(2)8(3,15)4-14-5-9(12,13)7(10)11/h6-7,14-15H,4-5H2,1-3H3. The highest BCUT2D eigenvalue weighted by molar-refractivity contribution is 4.81. The summed E-state index contributed by atoms with van der Waals surface area (Å²) in [5.74, 6) is -4.20. The van der Waals surface area contributed by atoms with Crippen LogP contribution in [0.15, 0.2) is 0 Å². The van der Waals surface area contributed by atoms with Crippen molar-refractivity contribution in [3.63, 3.8) is 0 Å². The summed E-state index contributed by atoms with van der Waals surface area (Å²) < 4.78 is 48.3. The summed E-state index contributed by atoms with van der Waals surface area (Å²) in [6, 6.07) is 0. The first-order valence-electron chi connectivity index (χ1n) is 4.68. The van der Waals surface area contributed by atoms with Gasteiger partial charge in [0.25, 0.3) is 0 Å². The molecular formula is C9H17F4NO. The van der Waals surface area contributed by atoms with Crippen LogP contribution in [0, 0.1) is 5.92 Å². The molecule has 1 unspecified atom stereocenters. The molecule has 0 heterocycles. The average molecular weight is 231 g/mol. The zero-order valence-electron chi connectivity index (χ0n) is 9.03. The molecule has 0 saturated carbocycles. The minimum atomic E-state index is -4.05. The molecule has 0 aliphatic heterocycles. The van der Waals surface area contributed by atoms with Crippen molar-refractivity contribution < 1.29 is 22.7 Å². The minimum Gasteiger partial charge on any atom is -0.389 e. The van der Waals surface area contributed by atoms with Crippen molar-refractivity contribution in [3.05, 3.63) is 0 Å². The number of hydrogen-bond donors (Lipinski definition) is 2. The lowest BCUT2D eigenvalue weighted by atomic mass is 9.92. The third-order valence-corrected chi connectivity index (χ3v) is 2.41. The Labute approximate surface area is 86.7 Å². The Bertz CT molecular complexity index is 175. The van der Waals surface area contributed by atoms with E-state index in [2.05, 4.69) is 5.32 Å². The van der Waals surface area contributed by atoms with Crippen LogP contribution in [0.25, 0.3) is 0 Å². The van der Waals surface area contributed by atoms with Gasteiger partial charge in [-0.1, -0.05) is 13.8 Å². The van der Waals surface area contributed by atoms with Gasteiger partial charge in [-0.3, -0.25) is 0 Å². The number of rotatable bonds is 6. The van der Waals surface area contributed by atoms with Gasteiger partial charge in [0, 0.05) is 6.54 Å². The molecule has 0 aromatic carbocycles. The van der Waals surface area contributed by atoms with E-state index in [-0.39, 0.29) is 12.5 Å². The number of aliphatic hydroxyl groups is 1. The molecule has 0 spiro atoms. The lowest BCUT2D eigenvalue weighted by Gasteiger charge is -2.28. The zero-order chi connectivity index (χ0) is 12.3. The fourth-order valence-electron chi connectivity index (χ4n) is 0.764. The fraction of sp³-hybridized carbons (Fsp3) is 1.00. The molecule has 0 fully saturated rings. The molecular weight excluding hydrogens is 214 g/mol. The molecule has 2 N–H and O–H groups in total. The van der Waals surface area contributed by atoms with Crippen molar-refractivity contribution in [2.75, 3.05) is 13.1 Å². The van der Waals surface area contributed by atoms with Crippen LogP contribution in [0.4, 0.5) is 17.6 Å². The highest BCUT2D eigenvalue weighted by Crippen LogP contribution is 2.22. The van der Waals surface area contributed by atoms with Gasteiger partial charge < -0.3 is 10.4 Å². The quantitative estimate of drug-likeness (QED) is 0.684. The van der Waals surface area contributed by atoms with Gasteiger partial charge in [-0.25, -0.2) is 8.78 Å². The molecule has 2 nitrogen and oxygen atoms in total. The molecule has 1 atom stereocenters. The minimum absolute atomic E-state index is 0.146. The number of hydrogen-bond acceptors (Lipinski definition) is 2. The molecule has 0 aromatic rings. The number of halogens is 4. The van der Waals surface area contributed by atoms with Crippen molar-refractivity contribution in [2.24, 2.45) is 5.92 Å². The first-order chi connectivity index (χ1) is 6.59. The fourth-order valence-corrected chi connectivity index (χ4v) is 0.764. The van der Waals surface area contributed by atoms with Gasteiger partial charge in [0.05, 0.1) is 12.1 Å². The van der Waals surface area contributed by atoms with Gasteiger partial charge in [0.1, 0.15) is 0 Å². The summed E-state index contributed by atoms with van der Waals surface area (Å²) in [7, 11) is 0. The SMILES string of the molecule is CC(C)C(C)(O)CNCC(F)(F)C(F)F. The normalized spacial score (nSPS) is 17.2. The number of nitrogens with one attached hydrogen (secondary N) is 1. The maximum absolute atomic E-state index is 12.4. The van der Waals surface area contributed by atoms with Gasteiger partial charge in [-0.2, -0.15) is 8.78 Å². The molecule has 0 aromatic heterocycles. The van der Waals surface area contributed by atoms with E-state index in [0.717, 1.165) is 0 Å². The monoisotopic (exact) mass is 231 g/mol. The molecule has 6 heteroatoms. The Morgan fingerprint density at radius 1 is 1.20 bits per heavy atom. The van der Waals surface area contributed by atoms with E-state index >= 15 is 0 Å². The van der Waals surface area contributed by atoms with Crippen LogP contribution in [-0.2, 0) is 0 Å². The lowest BCUT2D eigenvalue weighted by Crippen LogP contribution is -2.47. The van der Waals surface area contributed by atoms with Gasteiger partial charge >= 0.3 is 12.3 Å². The summed E-state index contributed by atoms with van der Waals surface area (Å²) in [6.07, 6.45) is -3.69. The van der Waals surface area contributed by atoms with Crippen molar-refractivity contribution in [2.45, 2.75) is 38.7 Å². The lowest BCUT2D eigenvalue weighted by molar-refractivity contribution is -0.127. The highest BCUT2D eigenvalue weighted by atomic mass is 19.3. The third-order valence-electron chi connectivity index (χ3n) is 2.41. The van der Waals surface area contributed by atoms with Crippen LogP contribution in [-0.4, -0.2) is 36.1 Å². The predicted octanol–water partition coefficient (Wildman–Crippen LogP) is 1.88. The van der Waals surface area contributed by atoms with Crippen molar-refractivity contribution >= 4 is 0 Å². The second-order valence-corrected chi connectivity index (χ2v) is 4.18. The van der Waals surface area contributed by atoms with E-state index in [4.69, 9.17) is 0 Å². The maximum atomic E-state index is 12.4. The van der Waals surface area contributed by atoms with Gasteiger partial charge in [0.15, 0.2) is 0 Å². The average Bonchev–Trinajstić information content (AvgIpc) is 2.02. The molecule has 0 saturated heterocycles. The summed E-state index contributed by atoms with van der Waals surface area (Å²) in [4.78, 5) is 0. The van der Waals surface area contributed by atoms with E-state index in [9.17, 15) is 22.7 Å². The molecule has 0 rings (SSSR count). The Morgan fingerprint density at radius 3 is 2.00 bits per heavy atom. The van der Waals surface area contributed by atoms with Crippen molar-refractivity contribution in [1.29, 1.82) is 0 Å². The molecule has 0 aliphatic rings. The van der Waals surface area contributed by atoms with Gasteiger partial charge in [-0.05, 0) is 12.8 Å². The molecule has 15 heavy (non-hydrogen) atoms. The third kappa shape index (κ3) is 4.79. The number of alkyl halides is 4. The van der Waals surface area contributed by atoms with Crippen molar-refractivity contribution in [1.82, 2.24) is 5.32 Å². The largest absolute Gasteiger partial charge is 0.389 e. The van der Waals surface area contributed by atoms with Gasteiger partial charge in [0.2, 0.25) is 0 Å². The van der Waals surface area contributed by atoms with Gasteiger partial charge in [-0.15, -0.1) is 0 Å². The topological polar surface area (TPSA) is 32.3 Å². The molecule has 0 amide bonds. The van der Waals surface area contributed by atoms with E-state index in [1.54, 1.807) is 13.8 Å². The van der Waals surface area contributed by atoms with E-state index in [1.807, 2.05) is 0 Å². The van der Waals surface area contributed by atoms with Crippen LogP contribution >= 0.6 is 0 Å². The van der Waals surface area contributed by atoms with E-state index < -0.39 is 24.5 Å². The molecule has 0 aliphatic carbocycles. The van der Waals surface area contributed by atoms with Crippen LogP contribution in [0.5, 0.6) is 0 Å². The second-order valence-electron chi connectivity index (χ2n) is 4.18. The van der Waals surface area contributed by atoms with Crippen LogP contribution in [0.1, 0.15) is 20.8 Å². The second kappa shape index (κ2) is 5.12. The van der Waals surface area contributed by atoms with Crippen molar-refractivity contribution in [3.8, 4) is 0 Å². The first-order valence-corrected chi connectivity index (χ1v) is 4.68. The summed E-state index contributed by atoms with van der Waals surface area (Å²) in [5.41, 5.74) is -1.18. The summed E-state index contributed by atoms with van der Waals surface area (Å²) in [6.45, 7) is 3.62. The predicted molar refractivity (Wildman–Crippen MR) is 49.3 cm³/mol. The molecule has 92 valence electrons. The Hall–Kier alpha value is -0.360. The van der Waals surface area contributed by atoms with E-state index in [1.165, 1.54) is 6.92 Å². The summed E-state index contributed by atoms with van der Waals surface area (Å²) >= 11 is 0. The molecule has 0 radical (unpaired) electrons.